The molecule has 0 aliphatic heterocycles. The van der Waals surface area contributed by atoms with Gasteiger partial charge in [0.05, 0.1) is 0 Å². The van der Waals surface area contributed by atoms with Gasteiger partial charge in [-0.2, -0.15) is 0 Å². The van der Waals surface area contributed by atoms with Crippen LogP contribution in [0.3, 0.4) is 0 Å². The molecule has 0 unspecified atom stereocenters. The second kappa shape index (κ2) is 9.74. The van der Waals surface area contributed by atoms with Crippen LogP contribution in [0.15, 0.2) is 12.2 Å². The molecule has 0 bridgehead atoms. The molecule has 1 radical (unpaired) electrons. The maximum Gasteiger partial charge on any atom is 0 e. The third-order valence-electron chi connectivity index (χ3n) is 0.305. The molecule has 0 rings (SSSR count). The third kappa shape index (κ3) is 10.8. The van der Waals surface area contributed by atoms with E-state index in [1.807, 2.05) is 0 Å². The van der Waals surface area contributed by atoms with Gasteiger partial charge in [0.1, 0.15) is 0 Å². The normalized spacial score (nSPS) is 8.14. The summed E-state index contributed by atoms with van der Waals surface area (Å²) in [6.45, 7) is 4.80. The fourth-order valence-electron chi connectivity index (χ4n) is 0.121. The maximum atomic E-state index is 7.98. The molecule has 0 aromatic rings. The first-order valence-electron chi connectivity index (χ1n) is 1.63. The fourth-order valence-corrected chi connectivity index (χ4v) is 0.121. The zero-order chi connectivity index (χ0) is 4.83. The topological polar surface area (TPSA) is 20.2 Å². The van der Waals surface area contributed by atoms with E-state index < -0.39 is 0 Å². The number of aliphatic hydroxyl groups is 1. The van der Waals surface area contributed by atoms with Crippen molar-refractivity contribution >= 4 is 0 Å². The molecule has 0 aromatic carbocycles. The summed E-state index contributed by atoms with van der Waals surface area (Å²) in [5.41, 5.74) is 0. The molecule has 0 atom stereocenters. The average molecular weight is 171 g/mol. The molecule has 7 heavy (non-hydrogen) atoms. The molecule has 0 aliphatic rings. The Labute approximate surface area is 69.0 Å². The van der Waals surface area contributed by atoms with Gasteiger partial charge < -0.3 is 29.9 Å². The summed E-state index contributed by atoms with van der Waals surface area (Å²) in [4.78, 5) is 0. The summed E-state index contributed by atoms with van der Waals surface area (Å²) >= 11 is 0. The standard InChI is InChI=1S/C5H6O.Y/c1-2-3-4-5-6;/h1-3,6H,5H2;/q-2;. The Balaban J connectivity index is 0. The van der Waals surface area contributed by atoms with E-state index in [2.05, 4.69) is 6.08 Å². The van der Waals surface area contributed by atoms with Gasteiger partial charge in [-0.3, -0.25) is 0 Å². The van der Waals surface area contributed by atoms with Gasteiger partial charge in [-0.1, -0.05) is 0 Å². The Hall–Kier alpha value is 0.544. The van der Waals surface area contributed by atoms with Crippen LogP contribution in [0.4, 0.5) is 0 Å². The van der Waals surface area contributed by atoms with Crippen LogP contribution >= 0.6 is 0 Å². The molecule has 0 amide bonds. The zero-order valence-electron chi connectivity index (χ0n) is 3.96. The van der Waals surface area contributed by atoms with Crippen molar-refractivity contribution in [2.45, 2.75) is 0 Å². The van der Waals surface area contributed by atoms with E-state index >= 15 is 0 Å². The second-order valence-electron chi connectivity index (χ2n) is 0.721. The summed E-state index contributed by atoms with van der Waals surface area (Å²) < 4.78 is 0. The largest absolute Gasteiger partial charge is 0.413 e. The minimum atomic E-state index is -0.0618. The number of hydrogen-bond acceptors (Lipinski definition) is 1. The van der Waals surface area contributed by atoms with Crippen molar-refractivity contribution in [1.82, 2.24) is 0 Å². The molecule has 0 fully saturated rings. The number of rotatable bonds is 2. The summed E-state index contributed by atoms with van der Waals surface area (Å²) in [6, 6.07) is 0. The monoisotopic (exact) mass is 171 g/mol. The molecular weight excluding hydrogens is 165 g/mol. The molecule has 0 saturated heterocycles. The van der Waals surface area contributed by atoms with Crippen LogP contribution < -0.4 is 0 Å². The van der Waals surface area contributed by atoms with Crippen molar-refractivity contribution in [2.75, 3.05) is 6.61 Å². The van der Waals surface area contributed by atoms with Crippen LogP contribution in [0.2, 0.25) is 0 Å². The Kier molecular flexibility index (Phi) is 14.6. The first kappa shape index (κ1) is 10.5. The summed E-state index contributed by atoms with van der Waals surface area (Å²) in [6.07, 6.45) is 5.22. The number of hydrogen-bond donors (Lipinski definition) is 1. The summed E-state index contributed by atoms with van der Waals surface area (Å²) in [5, 5.41) is 7.98. The van der Waals surface area contributed by atoms with E-state index in [1.54, 1.807) is 0 Å². The second-order valence-corrected chi connectivity index (χ2v) is 0.721. The number of aliphatic hydroxyl groups excluding tert-OH is 1. The molecule has 0 aliphatic carbocycles. The first-order valence-corrected chi connectivity index (χ1v) is 1.63. The Morgan fingerprint density at radius 1 is 1.71 bits per heavy atom. The SMILES string of the molecule is [CH-]=CC=[C-]CO.[Y]. The van der Waals surface area contributed by atoms with Gasteiger partial charge in [-0.05, 0) is 6.61 Å². The zero-order valence-corrected chi connectivity index (χ0v) is 6.80. The number of allylic oxidation sites excluding steroid dienone is 2. The molecule has 0 saturated carbocycles. The molecule has 1 N–H and O–H groups in total. The third-order valence-corrected chi connectivity index (χ3v) is 0.305. The minimum Gasteiger partial charge on any atom is -0.413 e. The predicted molar refractivity (Wildman–Crippen MR) is 23.8 cm³/mol. The van der Waals surface area contributed by atoms with Crippen molar-refractivity contribution in [3.8, 4) is 0 Å². The fraction of sp³-hybridized carbons (Fsp3) is 0.200. The summed E-state index contributed by atoms with van der Waals surface area (Å²) in [5.74, 6) is 0. The van der Waals surface area contributed by atoms with E-state index in [-0.39, 0.29) is 39.3 Å². The Bertz CT molecular complexity index is 59.1. The average Bonchev–Trinajstić information content (AvgIpc) is 1.61. The van der Waals surface area contributed by atoms with Crippen LogP contribution in [-0.4, -0.2) is 11.7 Å². The van der Waals surface area contributed by atoms with Gasteiger partial charge >= 0.3 is 0 Å². The van der Waals surface area contributed by atoms with Crippen molar-refractivity contribution in [2.24, 2.45) is 0 Å². The van der Waals surface area contributed by atoms with Gasteiger partial charge in [-0.15, -0.1) is 0 Å². The molecule has 0 spiro atoms. The van der Waals surface area contributed by atoms with Crippen molar-refractivity contribution < 1.29 is 37.8 Å². The first-order chi connectivity index (χ1) is 2.91. The van der Waals surface area contributed by atoms with Gasteiger partial charge in [0.2, 0.25) is 0 Å². The molecule has 1 nitrogen and oxygen atoms in total. The van der Waals surface area contributed by atoms with E-state index in [4.69, 9.17) is 11.7 Å². The van der Waals surface area contributed by atoms with Crippen molar-refractivity contribution in [3.05, 3.63) is 24.8 Å². The van der Waals surface area contributed by atoms with E-state index in [1.165, 1.54) is 12.2 Å². The quantitative estimate of drug-likeness (QED) is 0.468. The summed E-state index contributed by atoms with van der Waals surface area (Å²) in [7, 11) is 0. The van der Waals surface area contributed by atoms with E-state index in [9.17, 15) is 0 Å². The van der Waals surface area contributed by atoms with Gasteiger partial charge in [-0.25, -0.2) is 0 Å². The van der Waals surface area contributed by atoms with Gasteiger partial charge in [0, 0.05) is 32.7 Å². The maximum absolute atomic E-state index is 7.98. The van der Waals surface area contributed by atoms with Crippen molar-refractivity contribution in [3.63, 3.8) is 0 Å². The van der Waals surface area contributed by atoms with E-state index in [0.717, 1.165) is 0 Å². The predicted octanol–water partition coefficient (Wildman–Crippen LogP) is 0.325. The smallest absolute Gasteiger partial charge is 0 e. The molecule has 0 aromatic heterocycles. The van der Waals surface area contributed by atoms with Gasteiger partial charge in [0.15, 0.2) is 0 Å². The van der Waals surface area contributed by atoms with Crippen LogP contribution in [0.1, 0.15) is 0 Å². The van der Waals surface area contributed by atoms with E-state index in [0.29, 0.717) is 0 Å². The van der Waals surface area contributed by atoms with Crippen molar-refractivity contribution in [1.29, 1.82) is 0 Å². The molecule has 37 valence electrons. The van der Waals surface area contributed by atoms with Crippen LogP contribution in [0.25, 0.3) is 0 Å². The molecular formula is C5H6OY-2. The molecule has 2 heteroatoms. The van der Waals surface area contributed by atoms with Crippen LogP contribution in [-0.2, 0) is 32.7 Å². The Morgan fingerprint density at radius 2 is 2.29 bits per heavy atom. The Morgan fingerprint density at radius 3 is 2.43 bits per heavy atom. The van der Waals surface area contributed by atoms with Crippen LogP contribution in [0.5, 0.6) is 0 Å². The minimum absolute atomic E-state index is 0. The van der Waals surface area contributed by atoms with Gasteiger partial charge in [0.25, 0.3) is 0 Å². The molecule has 0 heterocycles. The van der Waals surface area contributed by atoms with Crippen LogP contribution in [0, 0.1) is 12.7 Å².